The molecule has 0 aliphatic heterocycles. The Balaban J connectivity index is 1.82. The van der Waals surface area contributed by atoms with Gasteiger partial charge in [-0.2, -0.15) is 22.0 Å². The molecule has 1 amide bonds. The lowest BCUT2D eigenvalue weighted by Gasteiger charge is -2.20. The quantitative estimate of drug-likeness (QED) is 0.433. The monoisotopic (exact) mass is 481 g/mol. The van der Waals surface area contributed by atoms with E-state index in [9.17, 15) is 26.7 Å². The van der Waals surface area contributed by atoms with Gasteiger partial charge in [0.2, 0.25) is 0 Å². The number of aryl methyl sites for hydroxylation is 3. The van der Waals surface area contributed by atoms with Gasteiger partial charge in [-0.15, -0.1) is 0 Å². The van der Waals surface area contributed by atoms with Crippen molar-refractivity contribution in [3.05, 3.63) is 82.4 Å². The molecule has 3 aromatic rings. The molecule has 3 rings (SSSR count). The van der Waals surface area contributed by atoms with E-state index in [1.54, 1.807) is 26.0 Å². The number of hydrogen-bond donors (Lipinski definition) is 1. The van der Waals surface area contributed by atoms with Crippen molar-refractivity contribution in [3.63, 3.8) is 0 Å². The summed E-state index contributed by atoms with van der Waals surface area (Å²) in [6.07, 6.45) is -3.25. The van der Waals surface area contributed by atoms with Crippen LogP contribution in [0.1, 0.15) is 38.6 Å². The molecule has 0 fully saturated rings. The Hall–Kier alpha value is -3.01. The van der Waals surface area contributed by atoms with Crippen molar-refractivity contribution in [1.29, 1.82) is 0 Å². The minimum absolute atomic E-state index is 0.146. The van der Waals surface area contributed by atoms with Gasteiger partial charge < -0.3 is 5.32 Å². The summed E-state index contributed by atoms with van der Waals surface area (Å²) in [4.78, 5) is 21.1. The number of benzene rings is 2. The second-order valence-corrected chi connectivity index (χ2v) is 8.58. The summed E-state index contributed by atoms with van der Waals surface area (Å²) in [6.45, 7) is 3.90. The lowest BCUT2D eigenvalue weighted by atomic mass is 10.0. The topological polar surface area (TPSA) is 54.9 Å². The van der Waals surface area contributed by atoms with Crippen LogP contribution in [0.2, 0.25) is 0 Å². The molecule has 0 aliphatic carbocycles. The van der Waals surface area contributed by atoms with E-state index in [-0.39, 0.29) is 26.9 Å². The molecular weight excluding hydrogens is 461 g/mol. The molecule has 0 saturated carbocycles. The first-order valence-electron chi connectivity index (χ1n) is 9.79. The standard InChI is InChI=1S/C23H20F5N3OS/c1-13-7-8-18(14(2)9-13)22(24,25)12-30-21(32)20-19(11-29-15(3)31-20)33-17-6-4-5-16(10-17)23(26,27)28/h4-11H,12H2,1-3H3,(H,30,32). The third-order valence-corrected chi connectivity index (χ3v) is 5.74. The Morgan fingerprint density at radius 2 is 1.76 bits per heavy atom. The van der Waals surface area contributed by atoms with Crippen LogP contribution in [0.5, 0.6) is 0 Å². The average molecular weight is 481 g/mol. The van der Waals surface area contributed by atoms with Crippen LogP contribution in [0.3, 0.4) is 0 Å². The summed E-state index contributed by atoms with van der Waals surface area (Å²) in [5, 5.41) is 2.20. The lowest BCUT2D eigenvalue weighted by molar-refractivity contribution is -0.137. The maximum Gasteiger partial charge on any atom is 0.416 e. The highest BCUT2D eigenvalue weighted by Gasteiger charge is 2.34. The number of alkyl halides is 5. The van der Waals surface area contributed by atoms with Gasteiger partial charge in [0.1, 0.15) is 11.5 Å². The molecule has 4 nitrogen and oxygen atoms in total. The first kappa shape index (κ1) is 24.6. The fraction of sp³-hybridized carbons (Fsp3) is 0.261. The van der Waals surface area contributed by atoms with Gasteiger partial charge in [0.15, 0.2) is 0 Å². The zero-order chi connectivity index (χ0) is 24.4. The molecule has 2 aromatic carbocycles. The maximum atomic E-state index is 14.7. The molecule has 1 heterocycles. The third-order valence-electron chi connectivity index (χ3n) is 4.73. The number of carbonyl (C=O) groups excluding carboxylic acids is 1. The van der Waals surface area contributed by atoms with Crippen molar-refractivity contribution in [1.82, 2.24) is 15.3 Å². The molecule has 0 radical (unpaired) electrons. The Morgan fingerprint density at radius 3 is 2.42 bits per heavy atom. The van der Waals surface area contributed by atoms with E-state index in [2.05, 4.69) is 15.3 Å². The van der Waals surface area contributed by atoms with Crippen molar-refractivity contribution in [2.24, 2.45) is 0 Å². The summed E-state index contributed by atoms with van der Waals surface area (Å²) >= 11 is 0.842. The van der Waals surface area contributed by atoms with E-state index in [0.717, 1.165) is 29.5 Å². The molecule has 0 atom stereocenters. The van der Waals surface area contributed by atoms with Gasteiger partial charge in [-0.25, -0.2) is 9.97 Å². The maximum absolute atomic E-state index is 14.7. The number of carbonyl (C=O) groups is 1. The molecule has 33 heavy (non-hydrogen) atoms. The highest BCUT2D eigenvalue weighted by atomic mass is 32.2. The minimum atomic E-state index is -4.53. The molecular formula is C23H20F5N3OS. The number of nitrogens with one attached hydrogen (secondary N) is 1. The molecule has 0 bridgehead atoms. The molecule has 0 spiro atoms. The average Bonchev–Trinajstić information content (AvgIpc) is 2.72. The summed E-state index contributed by atoms with van der Waals surface area (Å²) < 4.78 is 68.5. The number of aromatic nitrogens is 2. The lowest BCUT2D eigenvalue weighted by Crippen LogP contribution is -2.36. The van der Waals surface area contributed by atoms with Crippen LogP contribution in [-0.4, -0.2) is 22.4 Å². The predicted molar refractivity (Wildman–Crippen MR) is 114 cm³/mol. The van der Waals surface area contributed by atoms with E-state index in [0.29, 0.717) is 5.56 Å². The van der Waals surface area contributed by atoms with Gasteiger partial charge in [0.05, 0.1) is 17.0 Å². The minimum Gasteiger partial charge on any atom is -0.344 e. The number of rotatable bonds is 6. The normalized spacial score (nSPS) is 12.0. The van der Waals surface area contributed by atoms with Gasteiger partial charge >= 0.3 is 6.18 Å². The van der Waals surface area contributed by atoms with E-state index in [1.165, 1.54) is 31.3 Å². The van der Waals surface area contributed by atoms with Crippen molar-refractivity contribution in [2.75, 3.05) is 6.54 Å². The van der Waals surface area contributed by atoms with E-state index >= 15 is 0 Å². The van der Waals surface area contributed by atoms with Gasteiger partial charge in [-0.05, 0) is 44.5 Å². The highest BCUT2D eigenvalue weighted by molar-refractivity contribution is 7.99. The molecule has 1 N–H and O–H groups in total. The van der Waals surface area contributed by atoms with Crippen LogP contribution in [-0.2, 0) is 12.1 Å². The SMILES string of the molecule is Cc1ccc(C(F)(F)CNC(=O)c2nc(C)ncc2Sc2cccc(C(F)(F)F)c2)c(C)c1. The van der Waals surface area contributed by atoms with Gasteiger partial charge in [0, 0.05) is 16.7 Å². The van der Waals surface area contributed by atoms with Crippen LogP contribution in [0.25, 0.3) is 0 Å². The first-order chi connectivity index (χ1) is 15.4. The van der Waals surface area contributed by atoms with Gasteiger partial charge in [-0.1, -0.05) is 41.6 Å². The van der Waals surface area contributed by atoms with Crippen molar-refractivity contribution in [3.8, 4) is 0 Å². The van der Waals surface area contributed by atoms with Crippen LogP contribution >= 0.6 is 11.8 Å². The first-order valence-corrected chi connectivity index (χ1v) is 10.6. The second-order valence-electron chi connectivity index (χ2n) is 7.46. The Kier molecular flexibility index (Phi) is 7.06. The molecule has 10 heteroatoms. The number of amides is 1. The van der Waals surface area contributed by atoms with Gasteiger partial charge in [0.25, 0.3) is 11.8 Å². The highest BCUT2D eigenvalue weighted by Crippen LogP contribution is 2.35. The van der Waals surface area contributed by atoms with Crippen LogP contribution in [0.4, 0.5) is 22.0 Å². The molecule has 1 aromatic heterocycles. The third kappa shape index (κ3) is 6.07. The van der Waals surface area contributed by atoms with E-state index < -0.39 is 30.1 Å². The molecule has 0 saturated heterocycles. The van der Waals surface area contributed by atoms with Gasteiger partial charge in [-0.3, -0.25) is 4.79 Å². The molecule has 174 valence electrons. The zero-order valence-corrected chi connectivity index (χ0v) is 18.7. The van der Waals surface area contributed by atoms with Crippen LogP contribution in [0, 0.1) is 20.8 Å². The Morgan fingerprint density at radius 1 is 1.03 bits per heavy atom. The van der Waals surface area contributed by atoms with E-state index in [1.807, 2.05) is 0 Å². The van der Waals surface area contributed by atoms with E-state index in [4.69, 9.17) is 0 Å². The Bertz CT molecular complexity index is 1180. The fourth-order valence-corrected chi connectivity index (χ4v) is 4.08. The largest absolute Gasteiger partial charge is 0.416 e. The number of halogens is 5. The van der Waals surface area contributed by atoms with Crippen molar-refractivity contribution < 1.29 is 26.7 Å². The fourth-order valence-electron chi connectivity index (χ4n) is 3.15. The summed E-state index contributed by atoms with van der Waals surface area (Å²) in [5.41, 5.74) is -0.0106. The zero-order valence-electron chi connectivity index (χ0n) is 17.9. The second kappa shape index (κ2) is 9.46. The number of nitrogens with zero attached hydrogens (tertiary/aromatic N) is 2. The number of hydrogen-bond acceptors (Lipinski definition) is 4. The van der Waals surface area contributed by atoms with Crippen LogP contribution < -0.4 is 5.32 Å². The summed E-state index contributed by atoms with van der Waals surface area (Å²) in [6, 6.07) is 9.05. The molecule has 0 unspecified atom stereocenters. The molecule has 0 aliphatic rings. The smallest absolute Gasteiger partial charge is 0.344 e. The predicted octanol–water partition coefficient (Wildman–Crippen LogP) is 6.09. The van der Waals surface area contributed by atoms with Crippen molar-refractivity contribution >= 4 is 17.7 Å². The summed E-state index contributed by atoms with van der Waals surface area (Å²) in [7, 11) is 0. The van der Waals surface area contributed by atoms with Crippen molar-refractivity contribution in [2.45, 2.75) is 42.7 Å². The Labute approximate surface area is 191 Å². The summed E-state index contributed by atoms with van der Waals surface area (Å²) in [5.74, 6) is -3.99. The van der Waals surface area contributed by atoms with Crippen LogP contribution in [0.15, 0.2) is 58.5 Å².